The Morgan fingerprint density at radius 2 is 2.06 bits per heavy atom. The fourth-order valence-corrected chi connectivity index (χ4v) is 2.38. The molecule has 2 rings (SSSR count). The first kappa shape index (κ1) is 11.4. The molecule has 0 spiro atoms. The molecule has 4 nitrogen and oxygen atoms in total. The van der Waals surface area contributed by atoms with Gasteiger partial charge in [0.2, 0.25) is 9.05 Å². The van der Waals surface area contributed by atoms with E-state index in [0.29, 0.717) is 6.42 Å². The van der Waals surface area contributed by atoms with Crippen molar-refractivity contribution in [3.05, 3.63) is 30.0 Å². The lowest BCUT2D eigenvalue weighted by Crippen LogP contribution is -2.06. The molecule has 2 aromatic rings. The molecule has 0 amide bonds. The van der Waals surface area contributed by atoms with E-state index in [1.807, 2.05) is 24.3 Å². The van der Waals surface area contributed by atoms with Crippen molar-refractivity contribution in [1.29, 1.82) is 0 Å². The highest BCUT2D eigenvalue weighted by Gasteiger charge is 2.12. The number of aromatic nitrogens is 2. The van der Waals surface area contributed by atoms with Crippen molar-refractivity contribution in [1.82, 2.24) is 9.78 Å². The minimum absolute atomic E-state index is 0.0713. The van der Waals surface area contributed by atoms with Gasteiger partial charge in [-0.25, -0.2) is 8.42 Å². The van der Waals surface area contributed by atoms with Gasteiger partial charge in [-0.3, -0.25) is 4.68 Å². The topological polar surface area (TPSA) is 52.0 Å². The Morgan fingerprint density at radius 1 is 1.38 bits per heavy atom. The lowest BCUT2D eigenvalue weighted by Gasteiger charge is -2.00. The van der Waals surface area contributed by atoms with Gasteiger partial charge in [-0.05, 0) is 6.07 Å². The third-order valence-electron chi connectivity index (χ3n) is 2.45. The van der Waals surface area contributed by atoms with Crippen molar-refractivity contribution in [2.45, 2.75) is 6.42 Å². The van der Waals surface area contributed by atoms with E-state index in [-0.39, 0.29) is 5.75 Å². The second-order valence-corrected chi connectivity index (χ2v) is 6.48. The number of rotatable bonds is 3. The van der Waals surface area contributed by atoms with Gasteiger partial charge >= 0.3 is 0 Å². The van der Waals surface area contributed by atoms with Crippen molar-refractivity contribution in [3.63, 3.8) is 0 Å². The molecule has 0 saturated carbocycles. The van der Waals surface area contributed by atoms with E-state index in [0.717, 1.165) is 16.6 Å². The number of halogens is 1. The molecule has 0 aliphatic carbocycles. The Bertz CT molecular complexity index is 619. The van der Waals surface area contributed by atoms with E-state index in [1.54, 1.807) is 11.7 Å². The van der Waals surface area contributed by atoms with Crippen molar-refractivity contribution in [2.75, 3.05) is 5.75 Å². The van der Waals surface area contributed by atoms with E-state index >= 15 is 0 Å². The minimum atomic E-state index is -3.45. The summed E-state index contributed by atoms with van der Waals surface area (Å²) in [6.07, 6.45) is 0.378. The molecule has 86 valence electrons. The Hall–Kier alpha value is -1.07. The third kappa shape index (κ3) is 2.36. The van der Waals surface area contributed by atoms with Gasteiger partial charge in [0.05, 0.1) is 11.3 Å². The first-order chi connectivity index (χ1) is 7.47. The van der Waals surface area contributed by atoms with Crippen LogP contribution in [0.4, 0.5) is 0 Å². The Labute approximate surface area is 98.2 Å². The molecule has 1 heterocycles. The zero-order valence-electron chi connectivity index (χ0n) is 8.72. The van der Waals surface area contributed by atoms with Crippen LogP contribution in [0.5, 0.6) is 0 Å². The summed E-state index contributed by atoms with van der Waals surface area (Å²) in [6.45, 7) is 0. The van der Waals surface area contributed by atoms with Gasteiger partial charge < -0.3 is 0 Å². The fraction of sp³-hybridized carbons (Fsp3) is 0.300. The smallest absolute Gasteiger partial charge is 0.232 e. The minimum Gasteiger partial charge on any atom is -0.271 e. The number of benzene rings is 1. The molecule has 0 N–H and O–H groups in total. The molecule has 0 radical (unpaired) electrons. The summed E-state index contributed by atoms with van der Waals surface area (Å²) in [7, 11) is 3.54. The van der Waals surface area contributed by atoms with E-state index < -0.39 is 9.05 Å². The number of fused-ring (bicyclic) bond motifs is 1. The molecule has 16 heavy (non-hydrogen) atoms. The first-order valence-corrected chi connectivity index (χ1v) is 7.28. The predicted octanol–water partition coefficient (Wildman–Crippen LogP) is 1.68. The molecule has 0 unspecified atom stereocenters. The van der Waals surface area contributed by atoms with Crippen LogP contribution in [0, 0.1) is 0 Å². The highest BCUT2D eigenvalue weighted by Crippen LogP contribution is 2.18. The molecule has 0 atom stereocenters. The van der Waals surface area contributed by atoms with E-state index in [4.69, 9.17) is 10.7 Å². The highest BCUT2D eigenvalue weighted by molar-refractivity contribution is 8.13. The van der Waals surface area contributed by atoms with Gasteiger partial charge in [-0.2, -0.15) is 5.10 Å². The van der Waals surface area contributed by atoms with Crippen LogP contribution in [0.15, 0.2) is 24.3 Å². The standard InChI is InChI=1S/C10H11ClN2O2S/c1-13-10(6-7-16(11,14)15)8-4-2-3-5-9(8)12-13/h2-5H,6-7H2,1H3. The van der Waals surface area contributed by atoms with Crippen molar-refractivity contribution in [2.24, 2.45) is 7.05 Å². The SMILES string of the molecule is Cn1nc2ccccc2c1CCS(=O)(=O)Cl. The molecular formula is C10H11ClN2O2S. The maximum atomic E-state index is 10.9. The summed E-state index contributed by atoms with van der Waals surface area (Å²) in [6, 6.07) is 7.63. The largest absolute Gasteiger partial charge is 0.271 e. The zero-order chi connectivity index (χ0) is 11.8. The molecule has 0 fully saturated rings. The summed E-state index contributed by atoms with van der Waals surface area (Å²) < 4.78 is 23.5. The van der Waals surface area contributed by atoms with Crippen LogP contribution in [0.25, 0.3) is 10.9 Å². The molecule has 0 aliphatic heterocycles. The van der Waals surface area contributed by atoms with Crippen LogP contribution in [0.3, 0.4) is 0 Å². The average molecular weight is 259 g/mol. The normalized spacial score (nSPS) is 12.1. The molecular weight excluding hydrogens is 248 g/mol. The van der Waals surface area contributed by atoms with Gasteiger partial charge in [0.25, 0.3) is 0 Å². The van der Waals surface area contributed by atoms with Crippen LogP contribution >= 0.6 is 10.7 Å². The maximum Gasteiger partial charge on any atom is 0.232 e. The second-order valence-electron chi connectivity index (χ2n) is 3.58. The summed E-state index contributed by atoms with van der Waals surface area (Å²) in [4.78, 5) is 0. The van der Waals surface area contributed by atoms with Crippen molar-refractivity contribution < 1.29 is 8.42 Å². The molecule has 0 saturated heterocycles. The average Bonchev–Trinajstić information content (AvgIpc) is 2.49. The van der Waals surface area contributed by atoms with Gasteiger partial charge in [0.1, 0.15) is 0 Å². The Balaban J connectivity index is 2.40. The number of aryl methyl sites for hydroxylation is 2. The summed E-state index contributed by atoms with van der Waals surface area (Å²) in [5.74, 6) is -0.0713. The number of nitrogens with zero attached hydrogens (tertiary/aromatic N) is 2. The summed E-state index contributed by atoms with van der Waals surface area (Å²) in [5.41, 5.74) is 1.76. The van der Waals surface area contributed by atoms with Crippen LogP contribution in [0.2, 0.25) is 0 Å². The van der Waals surface area contributed by atoms with Gasteiger partial charge in [0.15, 0.2) is 0 Å². The van der Waals surface area contributed by atoms with Crippen molar-refractivity contribution >= 4 is 30.6 Å². The van der Waals surface area contributed by atoms with Crippen LogP contribution in [-0.2, 0) is 22.5 Å². The lowest BCUT2D eigenvalue weighted by atomic mass is 10.2. The van der Waals surface area contributed by atoms with Crippen molar-refractivity contribution in [3.8, 4) is 0 Å². The Morgan fingerprint density at radius 3 is 2.75 bits per heavy atom. The molecule has 1 aromatic carbocycles. The van der Waals surface area contributed by atoms with Gasteiger partial charge in [-0.1, -0.05) is 18.2 Å². The third-order valence-corrected chi connectivity index (χ3v) is 3.60. The molecule has 1 aromatic heterocycles. The molecule has 6 heteroatoms. The zero-order valence-corrected chi connectivity index (χ0v) is 10.3. The fourth-order valence-electron chi connectivity index (χ4n) is 1.72. The summed E-state index contributed by atoms with van der Waals surface area (Å²) in [5, 5.41) is 5.27. The Kier molecular flexibility index (Phi) is 2.90. The van der Waals surface area contributed by atoms with Crippen LogP contribution in [-0.4, -0.2) is 24.0 Å². The molecule has 0 aliphatic rings. The van der Waals surface area contributed by atoms with Crippen LogP contribution in [0.1, 0.15) is 5.69 Å². The summed E-state index contributed by atoms with van der Waals surface area (Å²) >= 11 is 0. The first-order valence-electron chi connectivity index (χ1n) is 4.80. The predicted molar refractivity (Wildman–Crippen MR) is 64.1 cm³/mol. The van der Waals surface area contributed by atoms with Gasteiger partial charge in [0, 0.05) is 35.2 Å². The van der Waals surface area contributed by atoms with Crippen LogP contribution < -0.4 is 0 Å². The highest BCUT2D eigenvalue weighted by atomic mass is 35.7. The number of hydrogen-bond donors (Lipinski definition) is 0. The number of hydrogen-bond acceptors (Lipinski definition) is 3. The lowest BCUT2D eigenvalue weighted by molar-refractivity contribution is 0.607. The molecule has 0 bridgehead atoms. The second kappa shape index (κ2) is 4.07. The van der Waals surface area contributed by atoms with E-state index in [1.165, 1.54) is 0 Å². The maximum absolute atomic E-state index is 10.9. The van der Waals surface area contributed by atoms with E-state index in [2.05, 4.69) is 5.10 Å². The monoisotopic (exact) mass is 258 g/mol. The quantitative estimate of drug-likeness (QED) is 0.787. The van der Waals surface area contributed by atoms with Gasteiger partial charge in [-0.15, -0.1) is 0 Å². The van der Waals surface area contributed by atoms with E-state index in [9.17, 15) is 8.42 Å².